The van der Waals surface area contributed by atoms with Crippen LogP contribution in [0, 0.1) is 5.82 Å². The summed E-state index contributed by atoms with van der Waals surface area (Å²) in [5, 5.41) is 0. The van der Waals surface area contributed by atoms with Crippen molar-refractivity contribution >= 4 is 11.9 Å². The quantitative estimate of drug-likeness (QED) is 0.769. The Balaban J connectivity index is 2.79. The smallest absolute Gasteiger partial charge is 0.344 e. The van der Waals surface area contributed by atoms with Gasteiger partial charge in [-0.3, -0.25) is 4.79 Å². The Morgan fingerprint density at radius 2 is 2.00 bits per heavy atom. The highest BCUT2D eigenvalue weighted by atomic mass is 19.1. The molecule has 0 aromatic heterocycles. The van der Waals surface area contributed by atoms with E-state index in [1.54, 1.807) is 19.9 Å². The molecule has 0 aliphatic carbocycles. The number of esters is 2. The van der Waals surface area contributed by atoms with Crippen molar-refractivity contribution in [2.75, 3.05) is 13.7 Å². The fraction of sp³-hybridized carbons (Fsp3) is 0.385. The van der Waals surface area contributed by atoms with Gasteiger partial charge in [0.05, 0.1) is 12.5 Å². The van der Waals surface area contributed by atoms with Crippen molar-refractivity contribution in [1.29, 1.82) is 0 Å². The van der Waals surface area contributed by atoms with Crippen molar-refractivity contribution in [2.24, 2.45) is 0 Å². The maximum absolute atomic E-state index is 13.1. The van der Waals surface area contributed by atoms with Crippen molar-refractivity contribution in [3.63, 3.8) is 0 Å². The molecule has 18 heavy (non-hydrogen) atoms. The third-order valence-electron chi connectivity index (χ3n) is 2.61. The first-order valence-electron chi connectivity index (χ1n) is 5.38. The van der Waals surface area contributed by atoms with Crippen LogP contribution in [-0.2, 0) is 24.5 Å². The molecule has 0 saturated heterocycles. The van der Waals surface area contributed by atoms with Crippen LogP contribution < -0.4 is 0 Å². The number of benzene rings is 1. The van der Waals surface area contributed by atoms with E-state index in [4.69, 9.17) is 4.74 Å². The molecule has 0 N–H and O–H groups in total. The highest BCUT2D eigenvalue weighted by Gasteiger charge is 2.32. The molecule has 5 heteroatoms. The van der Waals surface area contributed by atoms with Crippen LogP contribution in [0.5, 0.6) is 0 Å². The van der Waals surface area contributed by atoms with Gasteiger partial charge in [-0.05, 0) is 31.5 Å². The highest BCUT2D eigenvalue weighted by Crippen LogP contribution is 2.25. The minimum atomic E-state index is -1.03. The molecule has 0 heterocycles. The Bertz CT molecular complexity index is 454. The van der Waals surface area contributed by atoms with Gasteiger partial charge in [0.15, 0.2) is 6.61 Å². The second-order valence-electron chi connectivity index (χ2n) is 4.29. The summed E-state index contributed by atoms with van der Waals surface area (Å²) in [6.45, 7) is 2.75. The van der Waals surface area contributed by atoms with Gasteiger partial charge in [0, 0.05) is 0 Å². The molecule has 4 nitrogen and oxygen atoms in total. The predicted molar refractivity (Wildman–Crippen MR) is 62.4 cm³/mol. The number of carbonyl (C=O) groups is 2. The van der Waals surface area contributed by atoms with E-state index in [1.807, 2.05) is 0 Å². The third-order valence-corrected chi connectivity index (χ3v) is 2.61. The number of rotatable bonds is 4. The Hall–Kier alpha value is -1.91. The van der Waals surface area contributed by atoms with Crippen molar-refractivity contribution in [3.05, 3.63) is 35.6 Å². The van der Waals surface area contributed by atoms with Crippen molar-refractivity contribution < 1.29 is 23.5 Å². The summed E-state index contributed by atoms with van der Waals surface area (Å²) in [7, 11) is 1.20. The highest BCUT2D eigenvalue weighted by molar-refractivity contribution is 5.84. The number of methoxy groups -OCH3 is 1. The zero-order chi connectivity index (χ0) is 13.8. The average molecular weight is 254 g/mol. The second kappa shape index (κ2) is 5.62. The molecule has 0 fully saturated rings. The Kier molecular flexibility index (Phi) is 4.42. The average Bonchev–Trinajstić information content (AvgIpc) is 2.35. The minimum Gasteiger partial charge on any atom is -0.466 e. The SMILES string of the molecule is COC(=O)COC(=O)C(C)(C)c1cccc(F)c1. The number of hydrogen-bond donors (Lipinski definition) is 0. The molecule has 0 saturated carbocycles. The van der Waals surface area contributed by atoms with Crippen LogP contribution in [0.2, 0.25) is 0 Å². The number of halogens is 1. The van der Waals surface area contributed by atoms with Crippen LogP contribution in [0.4, 0.5) is 4.39 Å². The molecule has 1 aromatic carbocycles. The van der Waals surface area contributed by atoms with Crippen LogP contribution in [0.3, 0.4) is 0 Å². The molecule has 98 valence electrons. The molecule has 0 spiro atoms. The van der Waals surface area contributed by atoms with E-state index in [0.29, 0.717) is 5.56 Å². The van der Waals surface area contributed by atoms with E-state index in [2.05, 4.69) is 4.74 Å². The van der Waals surface area contributed by atoms with Gasteiger partial charge < -0.3 is 9.47 Å². The van der Waals surface area contributed by atoms with Crippen LogP contribution in [0.15, 0.2) is 24.3 Å². The molecule has 0 aliphatic rings. The van der Waals surface area contributed by atoms with E-state index in [9.17, 15) is 14.0 Å². The van der Waals surface area contributed by atoms with Gasteiger partial charge in [-0.25, -0.2) is 9.18 Å². The molecule has 0 unspecified atom stereocenters. The van der Waals surface area contributed by atoms with Gasteiger partial charge in [-0.15, -0.1) is 0 Å². The van der Waals surface area contributed by atoms with Gasteiger partial charge in [0.2, 0.25) is 0 Å². The van der Waals surface area contributed by atoms with E-state index in [-0.39, 0.29) is 0 Å². The molecular formula is C13H15FO4. The molecule has 1 rings (SSSR count). The summed E-state index contributed by atoms with van der Waals surface area (Å²) in [6.07, 6.45) is 0. The van der Waals surface area contributed by atoms with Crippen molar-refractivity contribution in [3.8, 4) is 0 Å². The molecule has 1 aromatic rings. The molecule has 0 amide bonds. The second-order valence-corrected chi connectivity index (χ2v) is 4.29. The zero-order valence-corrected chi connectivity index (χ0v) is 10.5. The molecule has 0 bridgehead atoms. The van der Waals surface area contributed by atoms with Gasteiger partial charge >= 0.3 is 11.9 Å². The van der Waals surface area contributed by atoms with E-state index in [1.165, 1.54) is 25.3 Å². The lowest BCUT2D eigenvalue weighted by Gasteiger charge is -2.22. The summed E-state index contributed by atoms with van der Waals surface area (Å²) >= 11 is 0. The summed E-state index contributed by atoms with van der Waals surface area (Å²) in [5.74, 6) is -1.68. The lowest BCUT2D eigenvalue weighted by atomic mass is 9.85. The third kappa shape index (κ3) is 3.29. The molecular weight excluding hydrogens is 239 g/mol. The standard InChI is InChI=1S/C13H15FO4/c1-13(2,9-5-4-6-10(14)7-9)12(16)18-8-11(15)17-3/h4-7H,8H2,1-3H3. The first kappa shape index (κ1) is 14.2. The van der Waals surface area contributed by atoms with E-state index < -0.39 is 29.8 Å². The fourth-order valence-electron chi connectivity index (χ4n) is 1.36. The number of ether oxygens (including phenoxy) is 2. The van der Waals surface area contributed by atoms with E-state index in [0.717, 1.165) is 0 Å². The molecule has 0 atom stereocenters. The zero-order valence-electron chi connectivity index (χ0n) is 10.5. The first-order chi connectivity index (χ1) is 8.37. The molecule has 0 radical (unpaired) electrons. The maximum Gasteiger partial charge on any atom is 0.344 e. The number of carbonyl (C=O) groups excluding carboxylic acids is 2. The maximum atomic E-state index is 13.1. The Morgan fingerprint density at radius 1 is 1.33 bits per heavy atom. The fourth-order valence-corrected chi connectivity index (χ4v) is 1.36. The van der Waals surface area contributed by atoms with Crippen molar-refractivity contribution in [1.82, 2.24) is 0 Å². The molecule has 0 aliphatic heterocycles. The summed E-state index contributed by atoms with van der Waals surface area (Å²) in [4.78, 5) is 22.7. The first-order valence-corrected chi connectivity index (χ1v) is 5.38. The normalized spacial score (nSPS) is 10.9. The number of hydrogen-bond acceptors (Lipinski definition) is 4. The van der Waals surface area contributed by atoms with Crippen LogP contribution >= 0.6 is 0 Å². The van der Waals surface area contributed by atoms with Gasteiger partial charge in [0.25, 0.3) is 0 Å². The summed E-state index contributed by atoms with van der Waals surface area (Å²) in [6, 6.07) is 5.70. The largest absolute Gasteiger partial charge is 0.466 e. The monoisotopic (exact) mass is 254 g/mol. The Labute approximate surface area is 105 Å². The van der Waals surface area contributed by atoms with Crippen LogP contribution in [0.25, 0.3) is 0 Å². The van der Waals surface area contributed by atoms with Gasteiger partial charge in [-0.2, -0.15) is 0 Å². The van der Waals surface area contributed by atoms with Crippen LogP contribution in [-0.4, -0.2) is 25.7 Å². The van der Waals surface area contributed by atoms with E-state index >= 15 is 0 Å². The summed E-state index contributed by atoms with van der Waals surface area (Å²) < 4.78 is 22.3. The lowest BCUT2D eigenvalue weighted by Crippen LogP contribution is -2.32. The minimum absolute atomic E-state index is 0.429. The predicted octanol–water partition coefficient (Wildman–Crippen LogP) is 1.82. The lowest BCUT2D eigenvalue weighted by molar-refractivity contribution is -0.160. The Morgan fingerprint density at radius 3 is 2.56 bits per heavy atom. The van der Waals surface area contributed by atoms with Gasteiger partial charge in [-0.1, -0.05) is 12.1 Å². The van der Waals surface area contributed by atoms with Crippen LogP contribution in [0.1, 0.15) is 19.4 Å². The topological polar surface area (TPSA) is 52.6 Å². The van der Waals surface area contributed by atoms with Crippen molar-refractivity contribution in [2.45, 2.75) is 19.3 Å². The van der Waals surface area contributed by atoms with Gasteiger partial charge in [0.1, 0.15) is 5.82 Å². The summed E-state index contributed by atoms with van der Waals surface area (Å²) in [5.41, 5.74) is -0.548.